The number of para-hydroxylation sites is 2. The van der Waals surface area contributed by atoms with Crippen molar-refractivity contribution in [3.05, 3.63) is 101 Å². The van der Waals surface area contributed by atoms with Gasteiger partial charge in [-0.15, -0.1) is 0 Å². The van der Waals surface area contributed by atoms with Gasteiger partial charge in [-0.25, -0.2) is 9.37 Å². The number of halogens is 1. The SMILES string of the molecule is CCc1ccc(NC(=O)C2=C(C)Nc3nc4ccccc4n3[C@H]2c2cccc(F)c2)cc1. The third-order valence-electron chi connectivity index (χ3n) is 5.86. The summed E-state index contributed by atoms with van der Waals surface area (Å²) in [6, 6.07) is 21.4. The molecule has 0 radical (unpaired) electrons. The number of carbonyl (C=O) groups is 1. The Morgan fingerprint density at radius 1 is 1.09 bits per heavy atom. The quantitative estimate of drug-likeness (QED) is 0.442. The molecule has 0 aliphatic carbocycles. The molecule has 2 heterocycles. The van der Waals surface area contributed by atoms with E-state index in [1.165, 1.54) is 17.7 Å². The van der Waals surface area contributed by atoms with Gasteiger partial charge < -0.3 is 10.6 Å². The minimum absolute atomic E-state index is 0.239. The number of imidazole rings is 1. The van der Waals surface area contributed by atoms with Gasteiger partial charge in [0.05, 0.1) is 22.6 Å². The number of carbonyl (C=O) groups excluding carboxylic acids is 1. The van der Waals surface area contributed by atoms with Gasteiger partial charge >= 0.3 is 0 Å². The maximum atomic E-state index is 14.2. The summed E-state index contributed by atoms with van der Waals surface area (Å²) in [4.78, 5) is 18.2. The van der Waals surface area contributed by atoms with Crippen LogP contribution in [0.25, 0.3) is 11.0 Å². The molecular weight excluding hydrogens is 403 g/mol. The van der Waals surface area contributed by atoms with Crippen molar-refractivity contribution in [3.63, 3.8) is 0 Å². The van der Waals surface area contributed by atoms with E-state index in [0.29, 0.717) is 28.5 Å². The van der Waals surface area contributed by atoms with Crippen molar-refractivity contribution >= 4 is 28.6 Å². The Balaban J connectivity index is 1.63. The number of hydrogen-bond donors (Lipinski definition) is 2. The lowest BCUT2D eigenvalue weighted by Crippen LogP contribution is -2.31. The first-order chi connectivity index (χ1) is 15.5. The second kappa shape index (κ2) is 7.96. The predicted molar refractivity (Wildman–Crippen MR) is 125 cm³/mol. The number of aromatic nitrogens is 2. The highest BCUT2D eigenvalue weighted by Crippen LogP contribution is 2.39. The van der Waals surface area contributed by atoms with Gasteiger partial charge in [-0.05, 0) is 60.9 Å². The van der Waals surface area contributed by atoms with Crippen LogP contribution in [-0.4, -0.2) is 15.5 Å². The lowest BCUT2D eigenvalue weighted by molar-refractivity contribution is -0.113. The highest BCUT2D eigenvalue weighted by atomic mass is 19.1. The molecule has 1 amide bonds. The van der Waals surface area contributed by atoms with E-state index in [2.05, 4.69) is 17.6 Å². The molecule has 0 unspecified atom stereocenters. The molecule has 5 rings (SSSR count). The molecule has 160 valence electrons. The summed E-state index contributed by atoms with van der Waals surface area (Å²) in [5, 5.41) is 6.29. The van der Waals surface area contributed by atoms with Gasteiger partial charge in [0.15, 0.2) is 0 Å². The van der Waals surface area contributed by atoms with E-state index in [9.17, 15) is 9.18 Å². The second-order valence-electron chi connectivity index (χ2n) is 7.92. The number of aryl methyl sites for hydroxylation is 1. The molecule has 2 N–H and O–H groups in total. The minimum Gasteiger partial charge on any atom is -0.329 e. The van der Waals surface area contributed by atoms with Crippen molar-refractivity contribution < 1.29 is 9.18 Å². The summed E-state index contributed by atoms with van der Waals surface area (Å²) >= 11 is 0. The zero-order valence-electron chi connectivity index (χ0n) is 17.9. The molecule has 1 aliphatic heterocycles. The molecule has 5 nitrogen and oxygen atoms in total. The van der Waals surface area contributed by atoms with E-state index >= 15 is 0 Å². The molecule has 0 saturated carbocycles. The summed E-state index contributed by atoms with van der Waals surface area (Å²) in [7, 11) is 0. The lowest BCUT2D eigenvalue weighted by Gasteiger charge is -2.30. The van der Waals surface area contributed by atoms with Crippen molar-refractivity contribution in [2.75, 3.05) is 10.6 Å². The van der Waals surface area contributed by atoms with Gasteiger partial charge in [0.2, 0.25) is 5.95 Å². The normalized spacial score (nSPS) is 15.4. The van der Waals surface area contributed by atoms with Gasteiger partial charge in [-0.2, -0.15) is 0 Å². The Kier molecular flexibility index (Phi) is 4.98. The Bertz CT molecular complexity index is 1350. The fourth-order valence-electron chi connectivity index (χ4n) is 4.27. The number of amides is 1. The highest BCUT2D eigenvalue weighted by Gasteiger charge is 2.34. The molecule has 1 atom stereocenters. The van der Waals surface area contributed by atoms with Crippen LogP contribution in [-0.2, 0) is 11.2 Å². The maximum absolute atomic E-state index is 14.2. The first-order valence-electron chi connectivity index (χ1n) is 10.7. The van der Waals surface area contributed by atoms with Crippen LogP contribution in [0.5, 0.6) is 0 Å². The molecule has 0 fully saturated rings. The molecular formula is C26H23FN4O. The summed E-state index contributed by atoms with van der Waals surface area (Å²) in [5.41, 5.74) is 5.48. The molecule has 0 saturated heterocycles. The van der Waals surface area contributed by atoms with E-state index in [-0.39, 0.29) is 11.7 Å². The maximum Gasteiger partial charge on any atom is 0.255 e. The largest absolute Gasteiger partial charge is 0.329 e. The summed E-state index contributed by atoms with van der Waals surface area (Å²) in [6.45, 7) is 3.94. The van der Waals surface area contributed by atoms with Gasteiger partial charge in [0, 0.05) is 11.4 Å². The van der Waals surface area contributed by atoms with Crippen LogP contribution >= 0.6 is 0 Å². The smallest absolute Gasteiger partial charge is 0.255 e. The summed E-state index contributed by atoms with van der Waals surface area (Å²) in [5.74, 6) is 0.0401. The number of rotatable bonds is 4. The second-order valence-corrected chi connectivity index (χ2v) is 7.92. The zero-order valence-corrected chi connectivity index (χ0v) is 17.9. The highest BCUT2D eigenvalue weighted by molar-refractivity contribution is 6.06. The fraction of sp³-hybridized carbons (Fsp3) is 0.154. The molecule has 3 aromatic carbocycles. The van der Waals surface area contributed by atoms with Gasteiger partial charge in [0.25, 0.3) is 5.91 Å². The van der Waals surface area contributed by atoms with Gasteiger partial charge in [0.1, 0.15) is 5.82 Å². The lowest BCUT2D eigenvalue weighted by atomic mass is 9.94. The summed E-state index contributed by atoms with van der Waals surface area (Å²) < 4.78 is 16.2. The first kappa shape index (κ1) is 20.0. The number of nitrogens with one attached hydrogen (secondary N) is 2. The van der Waals surface area contributed by atoms with Crippen molar-refractivity contribution in [2.24, 2.45) is 0 Å². The third-order valence-corrected chi connectivity index (χ3v) is 5.86. The van der Waals surface area contributed by atoms with E-state index in [1.54, 1.807) is 6.07 Å². The molecule has 4 aromatic rings. The van der Waals surface area contributed by atoms with Crippen molar-refractivity contribution in [3.8, 4) is 0 Å². The Morgan fingerprint density at radius 3 is 2.62 bits per heavy atom. The zero-order chi connectivity index (χ0) is 22.2. The topological polar surface area (TPSA) is 59.0 Å². The Morgan fingerprint density at radius 2 is 1.88 bits per heavy atom. The molecule has 1 aromatic heterocycles. The molecule has 1 aliphatic rings. The number of allylic oxidation sites excluding steroid dienone is 1. The minimum atomic E-state index is -0.524. The molecule has 0 spiro atoms. The standard InChI is InChI=1S/C26H23FN4O/c1-3-17-11-13-20(14-12-17)29-25(32)23-16(2)28-26-30-21-9-4-5-10-22(21)31(26)24(23)18-7-6-8-19(27)15-18/h4-15,24H,3H2,1-2H3,(H,28,30)(H,29,32)/t24-/m0/s1. The monoisotopic (exact) mass is 426 g/mol. The fourth-order valence-corrected chi connectivity index (χ4v) is 4.27. The van der Waals surface area contributed by atoms with Gasteiger partial charge in [-0.1, -0.05) is 43.3 Å². The Labute approximate surface area is 185 Å². The van der Waals surface area contributed by atoms with Crippen LogP contribution in [0.2, 0.25) is 0 Å². The van der Waals surface area contributed by atoms with Crippen LogP contribution in [0.15, 0.2) is 84.1 Å². The van der Waals surface area contributed by atoms with E-state index < -0.39 is 6.04 Å². The third kappa shape index (κ3) is 3.43. The molecule has 32 heavy (non-hydrogen) atoms. The van der Waals surface area contributed by atoms with Crippen LogP contribution in [0.3, 0.4) is 0 Å². The average molecular weight is 426 g/mol. The number of benzene rings is 3. The number of nitrogens with zero attached hydrogens (tertiary/aromatic N) is 2. The van der Waals surface area contributed by atoms with Crippen molar-refractivity contribution in [2.45, 2.75) is 26.3 Å². The number of fused-ring (bicyclic) bond motifs is 3. The van der Waals surface area contributed by atoms with Crippen LogP contribution in [0.4, 0.5) is 16.0 Å². The summed E-state index contributed by atoms with van der Waals surface area (Å²) in [6.07, 6.45) is 0.931. The Hall–Kier alpha value is -3.93. The predicted octanol–water partition coefficient (Wildman–Crippen LogP) is 5.67. The van der Waals surface area contributed by atoms with Crippen LogP contribution in [0, 0.1) is 5.82 Å². The van der Waals surface area contributed by atoms with Crippen molar-refractivity contribution in [1.29, 1.82) is 0 Å². The average Bonchev–Trinajstić information content (AvgIpc) is 3.16. The molecule has 0 bridgehead atoms. The van der Waals surface area contributed by atoms with Crippen molar-refractivity contribution in [1.82, 2.24) is 9.55 Å². The van der Waals surface area contributed by atoms with E-state index in [0.717, 1.165) is 17.5 Å². The van der Waals surface area contributed by atoms with Crippen LogP contribution in [0.1, 0.15) is 31.0 Å². The number of anilines is 2. The van der Waals surface area contributed by atoms with E-state index in [1.807, 2.05) is 66.1 Å². The number of hydrogen-bond acceptors (Lipinski definition) is 3. The van der Waals surface area contributed by atoms with Crippen LogP contribution < -0.4 is 10.6 Å². The molecule has 6 heteroatoms. The first-order valence-corrected chi connectivity index (χ1v) is 10.7. The van der Waals surface area contributed by atoms with E-state index in [4.69, 9.17) is 4.98 Å². The van der Waals surface area contributed by atoms with Gasteiger partial charge in [-0.3, -0.25) is 9.36 Å².